The highest BCUT2D eigenvalue weighted by Gasteiger charge is 2.15. The number of fused-ring (bicyclic) bond motifs is 1. The second-order valence-electron chi connectivity index (χ2n) is 5.82. The van der Waals surface area contributed by atoms with Crippen molar-refractivity contribution in [3.63, 3.8) is 0 Å². The van der Waals surface area contributed by atoms with Crippen molar-refractivity contribution in [1.29, 1.82) is 0 Å². The fraction of sp³-hybridized carbons (Fsp3) is 0.105. The SMILES string of the molecule is O=C(NCc1ccccc1C(F)F)c1cnn(-c2nc3ccccc3s2)c1. The van der Waals surface area contributed by atoms with Gasteiger partial charge in [-0.1, -0.05) is 47.7 Å². The number of carbonyl (C=O) groups is 1. The number of rotatable bonds is 5. The Morgan fingerprint density at radius 3 is 2.74 bits per heavy atom. The van der Waals surface area contributed by atoms with E-state index in [9.17, 15) is 13.6 Å². The van der Waals surface area contributed by atoms with Crippen molar-refractivity contribution < 1.29 is 13.6 Å². The molecule has 0 atom stereocenters. The van der Waals surface area contributed by atoms with Gasteiger partial charge in [-0.3, -0.25) is 4.79 Å². The molecule has 2 heterocycles. The fourth-order valence-electron chi connectivity index (χ4n) is 2.69. The molecule has 27 heavy (non-hydrogen) atoms. The van der Waals surface area contributed by atoms with Gasteiger partial charge in [-0.05, 0) is 17.7 Å². The monoisotopic (exact) mass is 384 g/mol. The maximum absolute atomic E-state index is 13.0. The zero-order valence-electron chi connectivity index (χ0n) is 14.0. The molecule has 0 saturated heterocycles. The molecule has 1 N–H and O–H groups in total. The Morgan fingerprint density at radius 2 is 1.93 bits per heavy atom. The molecule has 0 unspecified atom stereocenters. The fourth-order valence-corrected chi connectivity index (χ4v) is 3.59. The lowest BCUT2D eigenvalue weighted by molar-refractivity contribution is 0.0949. The van der Waals surface area contributed by atoms with E-state index in [2.05, 4.69) is 15.4 Å². The van der Waals surface area contributed by atoms with Gasteiger partial charge >= 0.3 is 0 Å². The Hall–Kier alpha value is -3.13. The van der Waals surface area contributed by atoms with Crippen LogP contribution in [0.4, 0.5) is 8.78 Å². The predicted molar refractivity (Wildman–Crippen MR) is 99.3 cm³/mol. The van der Waals surface area contributed by atoms with Crippen LogP contribution >= 0.6 is 11.3 Å². The number of thiazole rings is 1. The van der Waals surface area contributed by atoms with Crippen LogP contribution in [0.5, 0.6) is 0 Å². The number of aromatic nitrogens is 3. The summed E-state index contributed by atoms with van der Waals surface area (Å²) in [5, 5.41) is 7.50. The van der Waals surface area contributed by atoms with Gasteiger partial charge in [0.15, 0.2) is 0 Å². The molecule has 1 amide bonds. The molecule has 0 aliphatic heterocycles. The lowest BCUT2D eigenvalue weighted by Gasteiger charge is -2.09. The van der Waals surface area contributed by atoms with E-state index in [1.54, 1.807) is 24.4 Å². The van der Waals surface area contributed by atoms with Crippen LogP contribution in [0.15, 0.2) is 60.9 Å². The van der Waals surface area contributed by atoms with E-state index in [0.717, 1.165) is 10.2 Å². The smallest absolute Gasteiger partial charge is 0.264 e. The summed E-state index contributed by atoms with van der Waals surface area (Å²) < 4.78 is 28.6. The first-order chi connectivity index (χ1) is 13.1. The van der Waals surface area contributed by atoms with Crippen LogP contribution in [0.1, 0.15) is 27.9 Å². The maximum Gasteiger partial charge on any atom is 0.264 e. The average Bonchev–Trinajstić information content (AvgIpc) is 3.33. The zero-order chi connectivity index (χ0) is 18.8. The number of nitrogens with zero attached hydrogens (tertiary/aromatic N) is 3. The first kappa shape index (κ1) is 17.3. The number of amides is 1. The lowest BCUT2D eigenvalue weighted by Crippen LogP contribution is -2.23. The van der Waals surface area contributed by atoms with Crippen molar-refractivity contribution in [3.8, 4) is 5.13 Å². The minimum Gasteiger partial charge on any atom is -0.348 e. The van der Waals surface area contributed by atoms with E-state index in [-0.39, 0.29) is 18.0 Å². The third-order valence-corrected chi connectivity index (χ3v) is 5.08. The largest absolute Gasteiger partial charge is 0.348 e. The van der Waals surface area contributed by atoms with E-state index in [0.29, 0.717) is 16.3 Å². The number of halogens is 2. The second-order valence-corrected chi connectivity index (χ2v) is 6.83. The molecule has 0 aliphatic carbocycles. The topological polar surface area (TPSA) is 59.8 Å². The number of carbonyl (C=O) groups excluding carboxylic acids is 1. The van der Waals surface area contributed by atoms with Crippen molar-refractivity contribution in [2.45, 2.75) is 13.0 Å². The average molecular weight is 384 g/mol. The van der Waals surface area contributed by atoms with E-state index >= 15 is 0 Å². The van der Waals surface area contributed by atoms with Gasteiger partial charge in [0.25, 0.3) is 12.3 Å². The molecule has 0 radical (unpaired) electrons. The molecule has 136 valence electrons. The lowest BCUT2D eigenvalue weighted by atomic mass is 10.1. The third kappa shape index (κ3) is 3.56. The molecule has 0 bridgehead atoms. The van der Waals surface area contributed by atoms with Crippen molar-refractivity contribution in [1.82, 2.24) is 20.1 Å². The maximum atomic E-state index is 13.0. The highest BCUT2D eigenvalue weighted by Crippen LogP contribution is 2.24. The molecule has 4 rings (SSSR count). The molecule has 8 heteroatoms. The number of benzene rings is 2. The van der Waals surface area contributed by atoms with Gasteiger partial charge in [0.1, 0.15) is 0 Å². The summed E-state index contributed by atoms with van der Waals surface area (Å²) in [6.07, 6.45) is 0.423. The van der Waals surface area contributed by atoms with Crippen LogP contribution in [-0.4, -0.2) is 20.7 Å². The number of hydrogen-bond donors (Lipinski definition) is 1. The first-order valence-corrected chi connectivity index (χ1v) is 8.98. The van der Waals surface area contributed by atoms with Crippen LogP contribution in [0, 0.1) is 0 Å². The molecule has 0 saturated carbocycles. The van der Waals surface area contributed by atoms with Gasteiger partial charge in [-0.2, -0.15) is 5.10 Å². The van der Waals surface area contributed by atoms with Gasteiger partial charge in [0.05, 0.1) is 22.0 Å². The Bertz CT molecular complexity index is 1070. The Balaban J connectivity index is 1.49. The van der Waals surface area contributed by atoms with Crippen molar-refractivity contribution >= 4 is 27.5 Å². The molecule has 2 aromatic carbocycles. The summed E-state index contributed by atoms with van der Waals surface area (Å²) in [6.45, 7) is 0.0195. The summed E-state index contributed by atoms with van der Waals surface area (Å²) in [4.78, 5) is 16.8. The molecule has 2 aromatic heterocycles. The highest BCUT2D eigenvalue weighted by atomic mass is 32.1. The Morgan fingerprint density at radius 1 is 1.15 bits per heavy atom. The van der Waals surface area contributed by atoms with Gasteiger partial charge < -0.3 is 5.32 Å². The van der Waals surface area contributed by atoms with Crippen molar-refractivity contribution in [2.24, 2.45) is 0 Å². The number of alkyl halides is 2. The van der Waals surface area contributed by atoms with Crippen molar-refractivity contribution in [2.75, 3.05) is 0 Å². The van der Waals surface area contributed by atoms with E-state index < -0.39 is 6.43 Å². The van der Waals surface area contributed by atoms with Gasteiger partial charge in [-0.15, -0.1) is 0 Å². The summed E-state index contributed by atoms with van der Waals surface area (Å²) in [6, 6.07) is 13.9. The van der Waals surface area contributed by atoms with Crippen LogP contribution < -0.4 is 5.32 Å². The number of hydrogen-bond acceptors (Lipinski definition) is 4. The Labute approximate surface area is 157 Å². The van der Waals surface area contributed by atoms with E-state index in [1.165, 1.54) is 28.3 Å². The number of nitrogens with one attached hydrogen (secondary N) is 1. The predicted octanol–water partition coefficient (Wildman–Crippen LogP) is 4.35. The van der Waals surface area contributed by atoms with Gasteiger partial charge in [0, 0.05) is 18.3 Å². The number of para-hydroxylation sites is 1. The van der Waals surface area contributed by atoms with Crippen LogP contribution in [0.3, 0.4) is 0 Å². The van der Waals surface area contributed by atoms with Crippen LogP contribution in [-0.2, 0) is 6.54 Å². The molecular weight excluding hydrogens is 370 g/mol. The second kappa shape index (κ2) is 7.24. The molecule has 0 fully saturated rings. The molecule has 0 aliphatic rings. The minimum absolute atomic E-state index is 0.0195. The first-order valence-electron chi connectivity index (χ1n) is 8.16. The summed E-state index contributed by atoms with van der Waals surface area (Å²) in [5.74, 6) is -0.383. The molecule has 4 aromatic rings. The zero-order valence-corrected chi connectivity index (χ0v) is 14.8. The normalized spacial score (nSPS) is 11.2. The Kier molecular flexibility index (Phi) is 4.64. The van der Waals surface area contributed by atoms with Crippen molar-refractivity contribution in [3.05, 3.63) is 77.6 Å². The molecule has 5 nitrogen and oxygen atoms in total. The molecule has 0 spiro atoms. The van der Waals surface area contributed by atoms with E-state index in [4.69, 9.17) is 0 Å². The van der Waals surface area contributed by atoms with Gasteiger partial charge in [-0.25, -0.2) is 18.4 Å². The van der Waals surface area contributed by atoms with Crippen LogP contribution in [0.25, 0.3) is 15.3 Å². The quantitative estimate of drug-likeness (QED) is 0.557. The minimum atomic E-state index is -2.58. The standard InChI is InChI=1S/C19H14F2N4OS/c20-17(21)14-6-2-1-5-12(14)9-22-18(26)13-10-23-25(11-13)19-24-15-7-3-4-8-16(15)27-19/h1-8,10-11,17H,9H2,(H,22,26). The van der Waals surface area contributed by atoms with E-state index in [1.807, 2.05) is 24.3 Å². The summed E-state index contributed by atoms with van der Waals surface area (Å²) in [7, 11) is 0. The summed E-state index contributed by atoms with van der Waals surface area (Å²) in [5.41, 5.74) is 1.51. The summed E-state index contributed by atoms with van der Waals surface area (Å²) >= 11 is 1.47. The van der Waals surface area contributed by atoms with Gasteiger partial charge in [0.2, 0.25) is 5.13 Å². The van der Waals surface area contributed by atoms with Crippen LogP contribution in [0.2, 0.25) is 0 Å². The highest BCUT2D eigenvalue weighted by molar-refractivity contribution is 7.20. The third-order valence-electron chi connectivity index (χ3n) is 4.05. The molecular formula is C19H14F2N4OS.